The molecule has 148 valence electrons. The molecule has 0 saturated carbocycles. The highest BCUT2D eigenvalue weighted by Crippen LogP contribution is 2.28. The molecule has 1 saturated heterocycles. The van der Waals surface area contributed by atoms with Crippen LogP contribution in [0.3, 0.4) is 0 Å². The van der Waals surface area contributed by atoms with Crippen LogP contribution in [0.5, 0.6) is 11.5 Å². The molecule has 0 bridgehead atoms. The van der Waals surface area contributed by atoms with Crippen LogP contribution in [0.2, 0.25) is 0 Å². The highest BCUT2D eigenvalue weighted by molar-refractivity contribution is 7.09. The molecule has 2 aromatic rings. The smallest absolute Gasteiger partial charge is 0.161 e. The van der Waals surface area contributed by atoms with Crippen LogP contribution in [0.15, 0.2) is 23.6 Å². The fourth-order valence-corrected chi connectivity index (χ4v) is 3.88. The van der Waals surface area contributed by atoms with Gasteiger partial charge in [0.05, 0.1) is 17.8 Å². The van der Waals surface area contributed by atoms with E-state index in [4.69, 9.17) is 9.47 Å². The number of likely N-dealkylation sites (tertiary alicyclic amines) is 1. The summed E-state index contributed by atoms with van der Waals surface area (Å²) in [5.74, 6) is 1.35. The van der Waals surface area contributed by atoms with E-state index in [9.17, 15) is 5.11 Å². The van der Waals surface area contributed by atoms with Crippen molar-refractivity contribution in [1.82, 2.24) is 15.2 Å². The van der Waals surface area contributed by atoms with Crippen LogP contribution in [0.1, 0.15) is 29.1 Å². The van der Waals surface area contributed by atoms with E-state index in [0.717, 1.165) is 42.4 Å². The van der Waals surface area contributed by atoms with Crippen LogP contribution < -0.4 is 14.8 Å². The SMILES string of the molecule is COc1cc(CNCc2csc(C)n2)ccc1OCC(O)CN1CCCC1. The number of aliphatic hydroxyl groups is 1. The number of aryl methyl sites for hydroxylation is 1. The van der Waals surface area contributed by atoms with Crippen molar-refractivity contribution >= 4 is 11.3 Å². The van der Waals surface area contributed by atoms with E-state index in [2.05, 4.69) is 20.6 Å². The average Bonchev–Trinajstić information content (AvgIpc) is 3.32. The maximum atomic E-state index is 10.2. The first-order chi connectivity index (χ1) is 13.1. The highest BCUT2D eigenvalue weighted by Gasteiger charge is 2.17. The van der Waals surface area contributed by atoms with E-state index in [0.29, 0.717) is 18.0 Å². The Morgan fingerprint density at radius 1 is 1.26 bits per heavy atom. The summed E-state index contributed by atoms with van der Waals surface area (Å²) in [4.78, 5) is 6.73. The zero-order valence-electron chi connectivity index (χ0n) is 16.1. The van der Waals surface area contributed by atoms with Crippen LogP contribution in [0.25, 0.3) is 0 Å². The monoisotopic (exact) mass is 391 g/mol. The Morgan fingerprint density at radius 3 is 2.78 bits per heavy atom. The lowest BCUT2D eigenvalue weighted by atomic mass is 10.2. The van der Waals surface area contributed by atoms with E-state index >= 15 is 0 Å². The Kier molecular flexibility index (Phi) is 7.46. The van der Waals surface area contributed by atoms with Gasteiger partial charge in [0.2, 0.25) is 0 Å². The molecule has 2 N–H and O–H groups in total. The largest absolute Gasteiger partial charge is 0.493 e. The minimum absolute atomic E-state index is 0.271. The third-order valence-electron chi connectivity index (χ3n) is 4.63. The summed E-state index contributed by atoms with van der Waals surface area (Å²) in [6.07, 6.45) is 1.95. The molecular formula is C20H29N3O3S. The summed E-state index contributed by atoms with van der Waals surface area (Å²) in [6.45, 7) is 6.57. The molecule has 6 nitrogen and oxygen atoms in total. The van der Waals surface area contributed by atoms with Gasteiger partial charge in [0.15, 0.2) is 11.5 Å². The van der Waals surface area contributed by atoms with Gasteiger partial charge in [-0.15, -0.1) is 11.3 Å². The second-order valence-electron chi connectivity index (χ2n) is 6.92. The molecule has 0 spiro atoms. The lowest BCUT2D eigenvalue weighted by molar-refractivity contribution is 0.0747. The quantitative estimate of drug-likeness (QED) is 0.649. The highest BCUT2D eigenvalue weighted by atomic mass is 32.1. The summed E-state index contributed by atoms with van der Waals surface area (Å²) in [6, 6.07) is 5.90. The Bertz CT molecular complexity index is 716. The van der Waals surface area contributed by atoms with Crippen molar-refractivity contribution in [3.8, 4) is 11.5 Å². The van der Waals surface area contributed by atoms with E-state index in [1.54, 1.807) is 18.4 Å². The number of nitrogens with one attached hydrogen (secondary N) is 1. The van der Waals surface area contributed by atoms with Gasteiger partial charge in [0.1, 0.15) is 12.7 Å². The van der Waals surface area contributed by atoms with Gasteiger partial charge >= 0.3 is 0 Å². The summed E-state index contributed by atoms with van der Waals surface area (Å²) in [5.41, 5.74) is 2.18. The number of methoxy groups -OCH3 is 1. The number of rotatable bonds is 10. The lowest BCUT2D eigenvalue weighted by Gasteiger charge is -2.20. The Balaban J connectivity index is 1.47. The summed E-state index contributed by atoms with van der Waals surface area (Å²) in [7, 11) is 1.64. The summed E-state index contributed by atoms with van der Waals surface area (Å²) >= 11 is 1.67. The molecule has 0 amide bonds. The van der Waals surface area contributed by atoms with Crippen molar-refractivity contribution in [2.45, 2.75) is 39.0 Å². The first kappa shape index (κ1) is 20.1. The lowest BCUT2D eigenvalue weighted by Crippen LogP contribution is -2.33. The van der Waals surface area contributed by atoms with Crippen molar-refractivity contribution in [3.63, 3.8) is 0 Å². The number of ether oxygens (including phenoxy) is 2. The van der Waals surface area contributed by atoms with Crippen LogP contribution in [0.4, 0.5) is 0 Å². The Morgan fingerprint density at radius 2 is 2.07 bits per heavy atom. The molecule has 3 rings (SSSR count). The molecule has 0 aliphatic carbocycles. The van der Waals surface area contributed by atoms with Gasteiger partial charge in [0, 0.05) is 25.0 Å². The van der Waals surface area contributed by atoms with E-state index in [1.807, 2.05) is 25.1 Å². The van der Waals surface area contributed by atoms with Crippen molar-refractivity contribution in [3.05, 3.63) is 39.8 Å². The van der Waals surface area contributed by atoms with Gasteiger partial charge in [-0.05, 0) is 50.6 Å². The zero-order chi connectivity index (χ0) is 19.1. The van der Waals surface area contributed by atoms with E-state index < -0.39 is 6.10 Å². The third kappa shape index (κ3) is 6.17. The average molecular weight is 392 g/mol. The first-order valence-electron chi connectivity index (χ1n) is 9.46. The topological polar surface area (TPSA) is 66.8 Å². The summed E-state index contributed by atoms with van der Waals surface area (Å²) < 4.78 is 11.3. The number of aliphatic hydroxyl groups excluding tert-OH is 1. The maximum Gasteiger partial charge on any atom is 0.161 e. The van der Waals surface area contributed by atoms with Crippen LogP contribution in [-0.2, 0) is 13.1 Å². The molecular weight excluding hydrogens is 362 g/mol. The first-order valence-corrected chi connectivity index (χ1v) is 10.3. The summed E-state index contributed by atoms with van der Waals surface area (Å²) in [5, 5.41) is 16.7. The predicted octanol–water partition coefficient (Wildman–Crippen LogP) is 2.59. The molecule has 2 heterocycles. The number of β-amino-alcohol motifs (C(OH)–C–C–N with tert-alkyl or cyclic N) is 1. The molecule has 1 aromatic heterocycles. The molecule has 1 atom stereocenters. The van der Waals surface area contributed by atoms with Crippen LogP contribution in [-0.4, -0.2) is 54.4 Å². The van der Waals surface area contributed by atoms with Crippen molar-refractivity contribution in [2.75, 3.05) is 33.4 Å². The molecule has 1 aromatic carbocycles. The molecule has 1 fully saturated rings. The van der Waals surface area contributed by atoms with Crippen LogP contribution in [0, 0.1) is 6.92 Å². The minimum atomic E-state index is -0.490. The maximum absolute atomic E-state index is 10.2. The van der Waals surface area contributed by atoms with Crippen molar-refractivity contribution in [2.24, 2.45) is 0 Å². The third-order valence-corrected chi connectivity index (χ3v) is 5.45. The molecule has 7 heteroatoms. The molecule has 27 heavy (non-hydrogen) atoms. The number of nitrogens with zero attached hydrogens (tertiary/aromatic N) is 2. The van der Waals surface area contributed by atoms with Gasteiger partial charge < -0.3 is 24.8 Å². The Hall–Kier alpha value is -1.67. The van der Waals surface area contributed by atoms with Gasteiger partial charge in [-0.3, -0.25) is 0 Å². The standard InChI is InChI=1S/C20H29N3O3S/c1-15-22-17(14-27-15)11-21-10-16-5-6-19(20(9-16)25-2)26-13-18(24)12-23-7-3-4-8-23/h5-6,9,14,18,21,24H,3-4,7-8,10-13H2,1-2H3. The zero-order valence-corrected chi connectivity index (χ0v) is 16.9. The number of aromatic nitrogens is 1. The van der Waals surface area contributed by atoms with Gasteiger partial charge in [-0.2, -0.15) is 0 Å². The second kappa shape index (κ2) is 10.0. The van der Waals surface area contributed by atoms with Crippen LogP contribution >= 0.6 is 11.3 Å². The molecule has 1 aliphatic heterocycles. The molecule has 0 radical (unpaired) electrons. The van der Waals surface area contributed by atoms with Gasteiger partial charge in [-0.25, -0.2) is 4.98 Å². The number of hydrogen-bond donors (Lipinski definition) is 2. The normalized spacial score (nSPS) is 15.8. The second-order valence-corrected chi connectivity index (χ2v) is 7.98. The fraction of sp³-hybridized carbons (Fsp3) is 0.550. The molecule has 1 aliphatic rings. The van der Waals surface area contributed by atoms with Crippen molar-refractivity contribution < 1.29 is 14.6 Å². The minimum Gasteiger partial charge on any atom is -0.493 e. The van der Waals surface area contributed by atoms with E-state index in [-0.39, 0.29) is 6.61 Å². The van der Waals surface area contributed by atoms with E-state index in [1.165, 1.54) is 12.8 Å². The number of thiazole rings is 1. The number of benzene rings is 1. The predicted molar refractivity (Wildman–Crippen MR) is 108 cm³/mol. The number of hydrogen-bond acceptors (Lipinski definition) is 7. The fourth-order valence-electron chi connectivity index (χ4n) is 3.27. The van der Waals surface area contributed by atoms with Gasteiger partial charge in [-0.1, -0.05) is 6.07 Å². The molecule has 1 unspecified atom stereocenters. The van der Waals surface area contributed by atoms with Crippen molar-refractivity contribution in [1.29, 1.82) is 0 Å². The Labute approximate surface area is 165 Å². The van der Waals surface area contributed by atoms with Gasteiger partial charge in [0.25, 0.3) is 0 Å².